The van der Waals surface area contributed by atoms with E-state index in [0.29, 0.717) is 0 Å². The van der Waals surface area contributed by atoms with Crippen LogP contribution in [0.2, 0.25) is 0 Å². The fraction of sp³-hybridized carbons (Fsp3) is 0.250. The van der Waals surface area contributed by atoms with Gasteiger partial charge in [0.15, 0.2) is 0 Å². The molecule has 1 aliphatic carbocycles. The molecule has 0 saturated carbocycles. The van der Waals surface area contributed by atoms with Crippen molar-refractivity contribution in [3.05, 3.63) is 65.7 Å². The van der Waals surface area contributed by atoms with Crippen molar-refractivity contribution in [2.75, 3.05) is 5.73 Å². The molecule has 1 aliphatic rings. The number of fused-ring (bicyclic) bond motifs is 5. The smallest absolute Gasteiger partial charge is 0.0548 e. The van der Waals surface area contributed by atoms with E-state index in [-0.39, 0.29) is 0 Å². The first-order valence-corrected chi connectivity index (χ1v) is 9.73. The van der Waals surface area contributed by atoms with E-state index in [4.69, 9.17) is 5.73 Å². The Hall–Kier alpha value is -2.74. The van der Waals surface area contributed by atoms with E-state index >= 15 is 0 Å². The fourth-order valence-electron chi connectivity index (χ4n) is 4.59. The summed E-state index contributed by atoms with van der Waals surface area (Å²) in [5.41, 5.74) is 15.1. The van der Waals surface area contributed by atoms with Crippen LogP contribution >= 0.6 is 0 Å². The number of hydrogen-bond donors (Lipinski definition) is 2. The van der Waals surface area contributed by atoms with E-state index in [1.807, 2.05) is 12.1 Å². The van der Waals surface area contributed by atoms with Crippen molar-refractivity contribution in [2.45, 2.75) is 38.5 Å². The van der Waals surface area contributed by atoms with Crippen LogP contribution in [0.15, 0.2) is 54.6 Å². The summed E-state index contributed by atoms with van der Waals surface area (Å²) in [6.07, 6.45) is 7.60. The van der Waals surface area contributed by atoms with Crippen LogP contribution < -0.4 is 5.73 Å². The van der Waals surface area contributed by atoms with Crippen LogP contribution in [0.3, 0.4) is 0 Å². The molecule has 4 aromatic rings. The minimum absolute atomic E-state index is 0.846. The molecule has 0 aliphatic heterocycles. The van der Waals surface area contributed by atoms with Gasteiger partial charge in [-0.1, -0.05) is 49.2 Å². The van der Waals surface area contributed by atoms with Crippen LogP contribution in [-0.4, -0.2) is 4.98 Å². The monoisotopic (exact) mass is 340 g/mol. The number of rotatable bonds is 1. The molecule has 0 fully saturated rings. The minimum Gasteiger partial charge on any atom is -0.398 e. The van der Waals surface area contributed by atoms with E-state index in [9.17, 15) is 0 Å². The van der Waals surface area contributed by atoms with E-state index in [1.165, 1.54) is 71.5 Å². The number of H-pyrrole nitrogens is 1. The Morgan fingerprint density at radius 3 is 2.42 bits per heavy atom. The van der Waals surface area contributed by atoms with Gasteiger partial charge in [-0.15, -0.1) is 0 Å². The molecule has 2 nitrogen and oxygen atoms in total. The third-order valence-electron chi connectivity index (χ3n) is 5.86. The number of benzene rings is 3. The van der Waals surface area contributed by atoms with Gasteiger partial charge in [0, 0.05) is 33.1 Å². The quantitative estimate of drug-likeness (QED) is 0.396. The van der Waals surface area contributed by atoms with Gasteiger partial charge in [0.1, 0.15) is 0 Å². The zero-order chi connectivity index (χ0) is 17.5. The number of anilines is 1. The summed E-state index contributed by atoms with van der Waals surface area (Å²) >= 11 is 0. The summed E-state index contributed by atoms with van der Waals surface area (Å²) < 4.78 is 0. The summed E-state index contributed by atoms with van der Waals surface area (Å²) in [5, 5.41) is 2.76. The molecule has 0 unspecified atom stereocenters. The molecule has 1 aromatic heterocycles. The van der Waals surface area contributed by atoms with Crippen LogP contribution in [0.25, 0.3) is 32.9 Å². The standard InChI is InChI=1S/C24H24N2/c25-21-13-7-5-11-18(21)20-15-16-9-3-1-2-4-10-17(16)23-19-12-6-8-14-22(19)26-24(20)23/h5-8,11-15,26H,1-4,9-10,25H2. The first kappa shape index (κ1) is 15.5. The Balaban J connectivity index is 1.91. The fourth-order valence-corrected chi connectivity index (χ4v) is 4.59. The highest BCUT2D eigenvalue weighted by molar-refractivity contribution is 6.14. The lowest BCUT2D eigenvalue weighted by Crippen LogP contribution is -2.02. The van der Waals surface area contributed by atoms with Crippen molar-refractivity contribution in [1.29, 1.82) is 0 Å². The average molecular weight is 340 g/mol. The number of aromatic amines is 1. The highest BCUT2D eigenvalue weighted by atomic mass is 14.7. The Morgan fingerprint density at radius 1 is 0.769 bits per heavy atom. The second-order valence-corrected chi connectivity index (χ2v) is 7.48. The molecule has 3 aromatic carbocycles. The average Bonchev–Trinajstić information content (AvgIpc) is 3.02. The first-order valence-electron chi connectivity index (χ1n) is 9.73. The molecule has 0 amide bonds. The van der Waals surface area contributed by atoms with Gasteiger partial charge in [0.05, 0.1) is 5.52 Å². The van der Waals surface area contributed by atoms with Crippen molar-refractivity contribution in [1.82, 2.24) is 4.98 Å². The molecule has 0 atom stereocenters. The number of nitrogens with two attached hydrogens (primary N) is 1. The van der Waals surface area contributed by atoms with E-state index in [2.05, 4.69) is 47.4 Å². The predicted molar refractivity (Wildman–Crippen MR) is 112 cm³/mol. The van der Waals surface area contributed by atoms with Gasteiger partial charge in [-0.05, 0) is 55.0 Å². The Bertz CT molecular complexity index is 1100. The predicted octanol–water partition coefficient (Wildman–Crippen LogP) is 6.23. The molecule has 3 N–H and O–H groups in total. The van der Waals surface area contributed by atoms with E-state index in [0.717, 1.165) is 11.3 Å². The first-order chi connectivity index (χ1) is 12.8. The van der Waals surface area contributed by atoms with Crippen molar-refractivity contribution in [3.8, 4) is 11.1 Å². The maximum atomic E-state index is 6.36. The number of aryl methyl sites for hydroxylation is 2. The Kier molecular flexibility index (Phi) is 3.70. The zero-order valence-electron chi connectivity index (χ0n) is 15.0. The van der Waals surface area contributed by atoms with E-state index < -0.39 is 0 Å². The topological polar surface area (TPSA) is 41.8 Å². The van der Waals surface area contributed by atoms with Crippen LogP contribution in [-0.2, 0) is 12.8 Å². The van der Waals surface area contributed by atoms with Crippen molar-refractivity contribution < 1.29 is 0 Å². The summed E-state index contributed by atoms with van der Waals surface area (Å²) in [5.74, 6) is 0. The van der Waals surface area contributed by atoms with Gasteiger partial charge in [0.2, 0.25) is 0 Å². The van der Waals surface area contributed by atoms with Gasteiger partial charge in [-0.3, -0.25) is 0 Å². The summed E-state index contributed by atoms with van der Waals surface area (Å²) in [6.45, 7) is 0. The molecule has 26 heavy (non-hydrogen) atoms. The number of para-hydroxylation sites is 2. The number of aromatic nitrogens is 1. The van der Waals surface area contributed by atoms with Crippen LogP contribution in [0, 0.1) is 0 Å². The summed E-state index contributed by atoms with van der Waals surface area (Å²) in [6, 6.07) is 19.3. The maximum absolute atomic E-state index is 6.36. The van der Waals surface area contributed by atoms with Crippen LogP contribution in [0.4, 0.5) is 5.69 Å². The third kappa shape index (κ3) is 2.40. The highest BCUT2D eigenvalue weighted by Gasteiger charge is 2.19. The Morgan fingerprint density at radius 2 is 1.54 bits per heavy atom. The normalized spacial score (nSPS) is 14.9. The number of nitrogens with one attached hydrogen (secondary N) is 1. The number of hydrogen-bond acceptors (Lipinski definition) is 1. The van der Waals surface area contributed by atoms with Crippen molar-refractivity contribution >= 4 is 27.5 Å². The molecule has 0 bridgehead atoms. The van der Waals surface area contributed by atoms with Crippen LogP contribution in [0.5, 0.6) is 0 Å². The summed E-state index contributed by atoms with van der Waals surface area (Å²) in [7, 11) is 0. The SMILES string of the molecule is Nc1ccccc1-c1cc2c(c3c1[nH]c1ccccc13)CCCCCC2. The molecular weight excluding hydrogens is 316 g/mol. The maximum Gasteiger partial charge on any atom is 0.0548 e. The largest absolute Gasteiger partial charge is 0.398 e. The van der Waals surface area contributed by atoms with E-state index in [1.54, 1.807) is 5.56 Å². The lowest BCUT2D eigenvalue weighted by atomic mass is 9.87. The number of nitrogen functional groups attached to an aromatic ring is 1. The van der Waals surface area contributed by atoms with Crippen LogP contribution in [0.1, 0.15) is 36.8 Å². The third-order valence-corrected chi connectivity index (χ3v) is 5.86. The lowest BCUT2D eigenvalue weighted by molar-refractivity contribution is 0.619. The van der Waals surface area contributed by atoms with Crippen molar-refractivity contribution in [2.24, 2.45) is 0 Å². The molecule has 5 rings (SSSR count). The Labute approximate surface area is 154 Å². The molecule has 130 valence electrons. The minimum atomic E-state index is 0.846. The van der Waals surface area contributed by atoms with Gasteiger partial charge in [0.25, 0.3) is 0 Å². The zero-order valence-corrected chi connectivity index (χ0v) is 15.0. The molecule has 2 heteroatoms. The van der Waals surface area contributed by atoms with Gasteiger partial charge in [-0.25, -0.2) is 0 Å². The molecule has 0 saturated heterocycles. The van der Waals surface area contributed by atoms with Crippen molar-refractivity contribution in [3.63, 3.8) is 0 Å². The second kappa shape index (κ2) is 6.21. The van der Waals surface area contributed by atoms with Gasteiger partial charge in [-0.2, -0.15) is 0 Å². The van der Waals surface area contributed by atoms with Gasteiger partial charge < -0.3 is 10.7 Å². The molecule has 0 spiro atoms. The molecule has 0 radical (unpaired) electrons. The highest BCUT2D eigenvalue weighted by Crippen LogP contribution is 2.40. The molecule has 1 heterocycles. The molecular formula is C24H24N2. The van der Waals surface area contributed by atoms with Gasteiger partial charge >= 0.3 is 0 Å². The second-order valence-electron chi connectivity index (χ2n) is 7.48. The summed E-state index contributed by atoms with van der Waals surface area (Å²) in [4.78, 5) is 3.70. The lowest BCUT2D eigenvalue weighted by Gasteiger charge is -2.18.